The molecule has 0 radical (unpaired) electrons. The Kier molecular flexibility index (Phi) is 4.42. The van der Waals surface area contributed by atoms with Gasteiger partial charge in [-0.15, -0.1) is 0 Å². The summed E-state index contributed by atoms with van der Waals surface area (Å²) >= 11 is 0. The standard InChI is InChI=1S/C20H18N4O3/c25-18(14-10-11-14)21-22-19(26)17-15-8-4-5-9-16(15)20(27)24(23-17)12-13-6-2-1-3-7-13/h1-9,14H,10-12H2,(H,21,25)(H,22,26). The van der Waals surface area contributed by atoms with Gasteiger partial charge in [0.05, 0.1) is 11.9 Å². The molecule has 0 saturated heterocycles. The number of fused-ring (bicyclic) bond motifs is 1. The number of rotatable bonds is 4. The fourth-order valence-corrected chi connectivity index (χ4v) is 2.89. The number of hydrazine groups is 1. The normalized spacial score (nSPS) is 13.3. The van der Waals surface area contributed by atoms with Crippen molar-refractivity contribution in [1.29, 1.82) is 0 Å². The van der Waals surface area contributed by atoms with Crippen molar-refractivity contribution >= 4 is 22.6 Å². The second-order valence-electron chi connectivity index (χ2n) is 6.56. The lowest BCUT2D eigenvalue weighted by Crippen LogP contribution is -2.43. The van der Waals surface area contributed by atoms with E-state index < -0.39 is 5.91 Å². The van der Waals surface area contributed by atoms with Crippen LogP contribution in [0.25, 0.3) is 10.8 Å². The molecule has 4 rings (SSSR count). The highest BCUT2D eigenvalue weighted by atomic mass is 16.2. The molecule has 1 fully saturated rings. The molecule has 3 aromatic rings. The zero-order valence-corrected chi connectivity index (χ0v) is 14.5. The van der Waals surface area contributed by atoms with Crippen LogP contribution in [0.2, 0.25) is 0 Å². The molecule has 2 aromatic carbocycles. The van der Waals surface area contributed by atoms with E-state index in [2.05, 4.69) is 16.0 Å². The molecule has 0 unspecified atom stereocenters. The van der Waals surface area contributed by atoms with Crippen LogP contribution in [0.1, 0.15) is 28.9 Å². The van der Waals surface area contributed by atoms with Gasteiger partial charge < -0.3 is 0 Å². The molecule has 0 atom stereocenters. The minimum Gasteiger partial charge on any atom is -0.273 e. The van der Waals surface area contributed by atoms with Crippen LogP contribution in [0.15, 0.2) is 59.4 Å². The summed E-state index contributed by atoms with van der Waals surface area (Å²) in [6, 6.07) is 16.2. The third-order valence-electron chi connectivity index (χ3n) is 4.51. The van der Waals surface area contributed by atoms with Crippen LogP contribution in [-0.4, -0.2) is 21.6 Å². The second-order valence-corrected chi connectivity index (χ2v) is 6.56. The van der Waals surface area contributed by atoms with Gasteiger partial charge in [-0.3, -0.25) is 25.2 Å². The van der Waals surface area contributed by atoms with E-state index in [4.69, 9.17) is 0 Å². The van der Waals surface area contributed by atoms with Crippen molar-refractivity contribution in [1.82, 2.24) is 20.6 Å². The second kappa shape index (κ2) is 7.03. The Hall–Kier alpha value is -3.48. The SMILES string of the molecule is O=C(NNC(=O)C1CC1)c1nn(Cc2ccccc2)c(=O)c2ccccc12. The highest BCUT2D eigenvalue weighted by Crippen LogP contribution is 2.28. The minimum absolute atomic E-state index is 0.0259. The van der Waals surface area contributed by atoms with Crippen molar-refractivity contribution in [3.63, 3.8) is 0 Å². The van der Waals surface area contributed by atoms with Gasteiger partial charge in [0.15, 0.2) is 5.69 Å². The Morgan fingerprint density at radius 3 is 2.33 bits per heavy atom. The average molecular weight is 362 g/mol. The Morgan fingerprint density at radius 1 is 0.963 bits per heavy atom. The third-order valence-corrected chi connectivity index (χ3v) is 4.51. The first-order valence-electron chi connectivity index (χ1n) is 8.77. The smallest absolute Gasteiger partial charge is 0.273 e. The van der Waals surface area contributed by atoms with E-state index >= 15 is 0 Å². The van der Waals surface area contributed by atoms with Crippen molar-refractivity contribution in [3.05, 3.63) is 76.2 Å². The van der Waals surface area contributed by atoms with Gasteiger partial charge in [0.25, 0.3) is 11.5 Å². The molecule has 0 aliphatic heterocycles. The summed E-state index contributed by atoms with van der Waals surface area (Å²) in [5.41, 5.74) is 5.56. The first-order chi connectivity index (χ1) is 13.1. The Bertz CT molecular complexity index is 1070. The molecular formula is C20H18N4O3. The van der Waals surface area contributed by atoms with Gasteiger partial charge in [0, 0.05) is 11.3 Å². The Balaban J connectivity index is 1.69. The van der Waals surface area contributed by atoms with Gasteiger partial charge in [0.1, 0.15) is 0 Å². The molecule has 1 aliphatic rings. The fraction of sp³-hybridized carbons (Fsp3) is 0.200. The molecule has 7 nitrogen and oxygen atoms in total. The molecule has 0 bridgehead atoms. The number of hydrogen-bond acceptors (Lipinski definition) is 4. The average Bonchev–Trinajstić information content (AvgIpc) is 3.54. The molecule has 2 N–H and O–H groups in total. The van der Waals surface area contributed by atoms with E-state index in [-0.39, 0.29) is 29.6 Å². The number of hydrogen-bond donors (Lipinski definition) is 2. The van der Waals surface area contributed by atoms with E-state index in [0.29, 0.717) is 10.8 Å². The number of carbonyl (C=O) groups excluding carboxylic acids is 2. The third kappa shape index (κ3) is 3.57. The maximum atomic E-state index is 12.8. The molecule has 1 aliphatic carbocycles. The first kappa shape index (κ1) is 17.0. The van der Waals surface area contributed by atoms with Crippen LogP contribution in [-0.2, 0) is 11.3 Å². The zero-order chi connectivity index (χ0) is 18.8. The monoisotopic (exact) mass is 362 g/mol. The summed E-state index contributed by atoms with van der Waals surface area (Å²) < 4.78 is 1.27. The van der Waals surface area contributed by atoms with Crippen molar-refractivity contribution in [2.75, 3.05) is 0 Å². The summed E-state index contributed by atoms with van der Waals surface area (Å²) in [4.78, 5) is 37.2. The highest BCUT2D eigenvalue weighted by Gasteiger charge is 2.30. The first-order valence-corrected chi connectivity index (χ1v) is 8.77. The van der Waals surface area contributed by atoms with Crippen molar-refractivity contribution in [2.45, 2.75) is 19.4 Å². The molecule has 136 valence electrons. The highest BCUT2D eigenvalue weighted by molar-refractivity contribution is 6.05. The number of carbonyl (C=O) groups is 2. The van der Waals surface area contributed by atoms with Crippen LogP contribution in [0.5, 0.6) is 0 Å². The van der Waals surface area contributed by atoms with Crippen molar-refractivity contribution in [3.8, 4) is 0 Å². The predicted molar refractivity (Wildman–Crippen MR) is 99.9 cm³/mol. The molecule has 1 aromatic heterocycles. The number of nitrogens with one attached hydrogen (secondary N) is 2. The van der Waals surface area contributed by atoms with Gasteiger partial charge in [0.2, 0.25) is 5.91 Å². The number of amides is 2. The molecule has 1 heterocycles. The van der Waals surface area contributed by atoms with Crippen LogP contribution >= 0.6 is 0 Å². The molecular weight excluding hydrogens is 344 g/mol. The van der Waals surface area contributed by atoms with E-state index in [1.807, 2.05) is 30.3 Å². The van der Waals surface area contributed by atoms with Gasteiger partial charge in [-0.2, -0.15) is 5.10 Å². The minimum atomic E-state index is -0.554. The zero-order valence-electron chi connectivity index (χ0n) is 14.5. The fourth-order valence-electron chi connectivity index (χ4n) is 2.89. The van der Waals surface area contributed by atoms with Crippen molar-refractivity contribution in [2.24, 2.45) is 5.92 Å². The summed E-state index contributed by atoms with van der Waals surface area (Å²) in [5.74, 6) is -0.783. The largest absolute Gasteiger partial charge is 0.290 e. The van der Waals surface area contributed by atoms with Crippen LogP contribution in [0, 0.1) is 5.92 Å². The Labute approximate surface area is 155 Å². The summed E-state index contributed by atoms with van der Waals surface area (Å²) in [6.07, 6.45) is 1.68. The van der Waals surface area contributed by atoms with Gasteiger partial charge in [-0.25, -0.2) is 4.68 Å². The molecule has 1 saturated carbocycles. The number of nitrogens with zero attached hydrogens (tertiary/aromatic N) is 2. The predicted octanol–water partition coefficient (Wildman–Crippen LogP) is 1.62. The number of aromatic nitrogens is 2. The maximum Gasteiger partial charge on any atom is 0.290 e. The van der Waals surface area contributed by atoms with Crippen LogP contribution in [0.3, 0.4) is 0 Å². The van der Waals surface area contributed by atoms with E-state index in [1.54, 1.807) is 24.3 Å². The van der Waals surface area contributed by atoms with Gasteiger partial charge >= 0.3 is 0 Å². The van der Waals surface area contributed by atoms with E-state index in [0.717, 1.165) is 18.4 Å². The van der Waals surface area contributed by atoms with Crippen LogP contribution in [0.4, 0.5) is 0 Å². The van der Waals surface area contributed by atoms with Crippen LogP contribution < -0.4 is 16.4 Å². The lowest BCUT2D eigenvalue weighted by Gasteiger charge is -2.12. The lowest BCUT2D eigenvalue weighted by molar-refractivity contribution is -0.123. The molecule has 0 spiro atoms. The quantitative estimate of drug-likeness (QED) is 0.690. The molecule has 7 heteroatoms. The van der Waals surface area contributed by atoms with Gasteiger partial charge in [-0.05, 0) is 24.5 Å². The van der Waals surface area contributed by atoms with E-state index in [9.17, 15) is 14.4 Å². The summed E-state index contributed by atoms with van der Waals surface area (Å²) in [6.45, 7) is 0.249. The molecule has 27 heavy (non-hydrogen) atoms. The lowest BCUT2D eigenvalue weighted by atomic mass is 10.1. The maximum absolute atomic E-state index is 12.8. The van der Waals surface area contributed by atoms with E-state index in [1.165, 1.54) is 4.68 Å². The van der Waals surface area contributed by atoms with Crippen molar-refractivity contribution < 1.29 is 9.59 Å². The Morgan fingerprint density at radius 2 is 1.63 bits per heavy atom. The van der Waals surface area contributed by atoms with Gasteiger partial charge in [-0.1, -0.05) is 48.5 Å². The summed E-state index contributed by atoms with van der Waals surface area (Å²) in [7, 11) is 0. The topological polar surface area (TPSA) is 93.1 Å². The number of benzene rings is 2. The molecule has 2 amide bonds. The summed E-state index contributed by atoms with van der Waals surface area (Å²) in [5, 5.41) is 5.13.